The number of nitrogens with zero attached hydrogens (tertiary/aromatic N) is 8. The molecule has 0 saturated carbocycles. The monoisotopic (exact) mass is 1120 g/mol. The minimum Gasteiger partial charge on any atom is -0.284 e. The third-order valence-corrected chi connectivity index (χ3v) is 11.1. The normalized spacial score (nSPS) is 11.2. The largest absolute Gasteiger partial charge is 0.454 e. The Morgan fingerprint density at radius 1 is 0.485 bits per heavy atom. The molecule has 0 amide bonds. The SMILES string of the molecule is Cc1ccn(-c2cc(Cl)ccc2Br)n1.Cc1ccn(-c2cc(Cl)ccc2C(=O)C(F)(F)F)n1.Cc1ccnn1-c1cc(Cl)ccc1Br.Cc1ccnn1-c1cc(Cl)ccc1C(=O)C(F)(F)F. The molecule has 8 rings (SSSR count). The standard InChI is InChI=1S/2C12H8ClF3N2O.2C10H8BrClN2/c1-7-4-5-18(17-7)10-6-8(13)2-3-9(10)11(19)12(14,15)16;1-7-4-5-17-18(7)10-6-8(13)2-3-9(10)11(19)12(14,15)16;1-7-4-5-14(13-7)10-6-8(12)2-3-9(10)11;1-7-4-5-13-14(7)10-6-8(12)2-3-9(10)11/h2*2-6H,1H3;2*2-6H,1H3. The fourth-order valence-electron chi connectivity index (χ4n) is 5.72. The zero-order valence-electron chi connectivity index (χ0n) is 34.5. The van der Waals surface area contributed by atoms with Crippen LogP contribution in [-0.4, -0.2) is 63.0 Å². The number of ketones is 2. The Morgan fingerprint density at radius 2 is 0.833 bits per heavy atom. The highest BCUT2D eigenvalue weighted by molar-refractivity contribution is 9.11. The summed E-state index contributed by atoms with van der Waals surface area (Å²) in [6.07, 6.45) is -3.31. The molecule has 0 unspecified atom stereocenters. The van der Waals surface area contributed by atoms with Gasteiger partial charge in [0.05, 0.1) is 45.3 Å². The lowest BCUT2D eigenvalue weighted by molar-refractivity contribution is -0.0888. The average molecular weight is 1120 g/mol. The number of halogens is 12. The van der Waals surface area contributed by atoms with Crippen LogP contribution in [0.4, 0.5) is 26.3 Å². The minimum absolute atomic E-state index is 0.00271. The Labute approximate surface area is 409 Å². The van der Waals surface area contributed by atoms with Crippen molar-refractivity contribution in [3.63, 3.8) is 0 Å². The van der Waals surface area contributed by atoms with Crippen LogP contribution in [0.5, 0.6) is 0 Å². The summed E-state index contributed by atoms with van der Waals surface area (Å²) in [5.41, 5.74) is 4.23. The molecular formula is C44H32Br2Cl4F6N8O2. The Balaban J connectivity index is 0.000000167. The summed E-state index contributed by atoms with van der Waals surface area (Å²) >= 11 is 30.3. The van der Waals surface area contributed by atoms with Gasteiger partial charge in [-0.3, -0.25) is 9.59 Å². The van der Waals surface area contributed by atoms with Gasteiger partial charge in [0.2, 0.25) is 0 Å². The van der Waals surface area contributed by atoms with E-state index in [0.717, 1.165) is 43.8 Å². The van der Waals surface area contributed by atoms with Crippen molar-refractivity contribution in [3.8, 4) is 22.7 Å². The van der Waals surface area contributed by atoms with Crippen molar-refractivity contribution in [2.75, 3.05) is 0 Å². The van der Waals surface area contributed by atoms with Gasteiger partial charge >= 0.3 is 12.4 Å². The van der Waals surface area contributed by atoms with Crippen LogP contribution in [0.2, 0.25) is 20.1 Å². The molecule has 0 atom stereocenters. The van der Waals surface area contributed by atoms with Gasteiger partial charge in [-0.15, -0.1) is 0 Å². The molecule has 22 heteroatoms. The number of aryl methyl sites for hydroxylation is 4. The van der Waals surface area contributed by atoms with Gasteiger partial charge in [-0.2, -0.15) is 46.7 Å². The molecule has 8 aromatic rings. The van der Waals surface area contributed by atoms with Crippen LogP contribution >= 0.6 is 78.3 Å². The van der Waals surface area contributed by atoms with E-state index in [1.165, 1.54) is 46.0 Å². The number of Topliss-reactive ketones (excluding diaryl/α,β-unsaturated/α-hetero) is 2. The Morgan fingerprint density at radius 3 is 1.23 bits per heavy atom. The van der Waals surface area contributed by atoms with E-state index in [4.69, 9.17) is 46.4 Å². The molecule has 4 heterocycles. The number of alkyl halides is 6. The number of hydrogen-bond donors (Lipinski definition) is 0. The lowest BCUT2D eigenvalue weighted by Crippen LogP contribution is -2.24. The van der Waals surface area contributed by atoms with Gasteiger partial charge in [0.15, 0.2) is 0 Å². The van der Waals surface area contributed by atoms with Gasteiger partial charge in [0, 0.05) is 65.2 Å². The van der Waals surface area contributed by atoms with Gasteiger partial charge < -0.3 is 0 Å². The first-order valence-corrected chi connectivity index (χ1v) is 21.8. The lowest BCUT2D eigenvalue weighted by atomic mass is 10.1. The number of hydrogen-bond acceptors (Lipinski definition) is 6. The number of benzene rings is 4. The van der Waals surface area contributed by atoms with E-state index in [1.807, 2.05) is 73.3 Å². The summed E-state index contributed by atoms with van der Waals surface area (Å²) in [6.45, 7) is 7.30. The molecule has 0 N–H and O–H groups in total. The van der Waals surface area contributed by atoms with Crippen LogP contribution in [0, 0.1) is 27.7 Å². The maximum atomic E-state index is 12.5. The van der Waals surface area contributed by atoms with E-state index < -0.39 is 35.0 Å². The van der Waals surface area contributed by atoms with E-state index in [2.05, 4.69) is 52.3 Å². The summed E-state index contributed by atoms with van der Waals surface area (Å²) in [4.78, 5) is 22.8. The number of carbonyl (C=O) groups is 2. The highest BCUT2D eigenvalue weighted by atomic mass is 79.9. The molecule has 344 valence electrons. The van der Waals surface area contributed by atoms with E-state index in [-0.39, 0.29) is 21.4 Å². The molecule has 0 saturated heterocycles. The van der Waals surface area contributed by atoms with E-state index >= 15 is 0 Å². The third-order valence-electron chi connectivity index (χ3n) is 8.80. The molecule has 10 nitrogen and oxygen atoms in total. The number of carbonyl (C=O) groups excluding carboxylic acids is 2. The van der Waals surface area contributed by atoms with Crippen LogP contribution in [0.1, 0.15) is 43.5 Å². The molecule has 4 aromatic heterocycles. The summed E-state index contributed by atoms with van der Waals surface area (Å²) in [5, 5.41) is 18.3. The predicted molar refractivity (Wildman–Crippen MR) is 249 cm³/mol. The summed E-state index contributed by atoms with van der Waals surface area (Å²) in [7, 11) is 0. The van der Waals surface area contributed by atoms with E-state index in [1.54, 1.807) is 36.9 Å². The van der Waals surface area contributed by atoms with Gasteiger partial charge in [0.25, 0.3) is 11.6 Å². The second-order valence-electron chi connectivity index (χ2n) is 13.7. The molecule has 0 aliphatic rings. The van der Waals surface area contributed by atoms with Crippen molar-refractivity contribution in [1.29, 1.82) is 0 Å². The predicted octanol–water partition coefficient (Wildman–Crippen LogP) is 14.4. The molecule has 0 radical (unpaired) electrons. The van der Waals surface area contributed by atoms with Gasteiger partial charge in [-0.25, -0.2) is 18.7 Å². The average Bonchev–Trinajstić information content (AvgIpc) is 4.08. The minimum atomic E-state index is -4.94. The first-order chi connectivity index (χ1) is 30.9. The van der Waals surface area contributed by atoms with Crippen LogP contribution < -0.4 is 0 Å². The molecule has 0 bridgehead atoms. The first kappa shape index (κ1) is 51.7. The molecular weight excluding hydrogens is 1090 g/mol. The van der Waals surface area contributed by atoms with E-state index in [0.29, 0.717) is 21.4 Å². The Kier molecular flexibility index (Phi) is 17.3. The van der Waals surface area contributed by atoms with Gasteiger partial charge in [-0.05, 0) is 157 Å². The summed E-state index contributed by atoms with van der Waals surface area (Å²) in [6, 6.07) is 25.5. The molecule has 66 heavy (non-hydrogen) atoms. The van der Waals surface area contributed by atoms with Crippen LogP contribution in [0.3, 0.4) is 0 Å². The smallest absolute Gasteiger partial charge is 0.284 e. The maximum absolute atomic E-state index is 12.5. The first-order valence-electron chi connectivity index (χ1n) is 18.7. The van der Waals surface area contributed by atoms with Crippen molar-refractivity contribution >= 4 is 89.8 Å². The topological polar surface area (TPSA) is 105 Å². The third kappa shape index (κ3) is 13.4. The van der Waals surface area contributed by atoms with Crippen molar-refractivity contribution < 1.29 is 35.9 Å². The summed E-state index contributed by atoms with van der Waals surface area (Å²) in [5.74, 6) is -3.85. The molecule has 0 aliphatic carbocycles. The Hall–Kier alpha value is -5.24. The molecule has 0 fully saturated rings. The molecule has 4 aromatic carbocycles. The molecule has 0 aliphatic heterocycles. The van der Waals surface area contributed by atoms with Gasteiger partial charge in [-0.1, -0.05) is 46.4 Å². The van der Waals surface area contributed by atoms with Crippen molar-refractivity contribution in [2.45, 2.75) is 40.0 Å². The highest BCUT2D eigenvalue weighted by Crippen LogP contribution is 2.30. The Bertz CT molecular complexity index is 3000. The zero-order valence-corrected chi connectivity index (χ0v) is 40.7. The van der Waals surface area contributed by atoms with Crippen LogP contribution in [-0.2, 0) is 0 Å². The fourth-order valence-corrected chi connectivity index (χ4v) is 7.22. The van der Waals surface area contributed by atoms with Gasteiger partial charge in [0.1, 0.15) is 0 Å². The second-order valence-corrected chi connectivity index (χ2v) is 17.2. The van der Waals surface area contributed by atoms with E-state index in [9.17, 15) is 35.9 Å². The van der Waals surface area contributed by atoms with Crippen molar-refractivity contribution in [2.24, 2.45) is 0 Å². The van der Waals surface area contributed by atoms with Crippen LogP contribution in [0.15, 0.2) is 131 Å². The number of rotatable bonds is 6. The number of aromatic nitrogens is 8. The van der Waals surface area contributed by atoms with Crippen LogP contribution in [0.25, 0.3) is 22.7 Å². The fraction of sp³-hybridized carbons (Fsp3) is 0.136. The lowest BCUT2D eigenvalue weighted by Gasteiger charge is -2.12. The van der Waals surface area contributed by atoms with Crippen molar-refractivity contribution in [3.05, 3.63) is 185 Å². The molecule has 0 spiro atoms. The zero-order chi connectivity index (χ0) is 48.7. The highest BCUT2D eigenvalue weighted by Gasteiger charge is 2.41. The second kappa shape index (κ2) is 22.0. The quantitative estimate of drug-likeness (QED) is 0.121. The summed E-state index contributed by atoms with van der Waals surface area (Å²) < 4.78 is 83.2. The maximum Gasteiger partial charge on any atom is 0.454 e. The van der Waals surface area contributed by atoms with Crippen molar-refractivity contribution in [1.82, 2.24) is 39.1 Å².